The predicted octanol–water partition coefficient (Wildman–Crippen LogP) is 4.19. The van der Waals surface area contributed by atoms with E-state index < -0.39 is 0 Å². The molecule has 1 aliphatic rings. The van der Waals surface area contributed by atoms with Crippen LogP contribution >= 0.6 is 0 Å². The molecule has 0 spiro atoms. The van der Waals surface area contributed by atoms with E-state index in [1.54, 1.807) is 0 Å². The Hall–Kier alpha value is -2.35. The second-order valence-electron chi connectivity index (χ2n) is 4.53. The molecule has 1 aliphatic carbocycles. The zero-order valence-corrected chi connectivity index (χ0v) is 9.64. The van der Waals surface area contributed by atoms with Gasteiger partial charge < -0.3 is 4.42 Å². The molecule has 2 aromatic carbocycles. The smallest absolute Gasteiger partial charge is 0.167 e. The average molecular weight is 234 g/mol. The maximum absolute atomic E-state index is 12.1. The highest BCUT2D eigenvalue weighted by Gasteiger charge is 2.20. The molecule has 0 atom stereocenters. The Morgan fingerprint density at radius 2 is 1.89 bits per heavy atom. The maximum Gasteiger partial charge on any atom is 0.167 e. The summed E-state index contributed by atoms with van der Waals surface area (Å²) in [5.41, 5.74) is 3.42. The van der Waals surface area contributed by atoms with Crippen LogP contribution in [-0.4, -0.2) is 5.78 Å². The second kappa shape index (κ2) is 3.33. The Balaban J connectivity index is 2.28. The predicted molar refractivity (Wildman–Crippen MR) is 71.7 cm³/mol. The number of hydrogen-bond acceptors (Lipinski definition) is 2. The Morgan fingerprint density at radius 3 is 2.83 bits per heavy atom. The highest BCUT2D eigenvalue weighted by atomic mass is 16.3. The minimum absolute atomic E-state index is 0.171. The lowest BCUT2D eigenvalue weighted by atomic mass is 9.92. The molecule has 3 aromatic rings. The number of furan rings is 1. The zero-order chi connectivity index (χ0) is 12.1. The number of carbonyl (C=O) groups is 1. The number of hydrogen-bond donors (Lipinski definition) is 0. The summed E-state index contributed by atoms with van der Waals surface area (Å²) in [7, 11) is 0. The molecular weight excluding hydrogens is 224 g/mol. The lowest BCUT2D eigenvalue weighted by Crippen LogP contribution is -2.04. The first-order valence-corrected chi connectivity index (χ1v) is 5.98. The number of allylic oxidation sites excluding steroid dienone is 1. The van der Waals surface area contributed by atoms with Gasteiger partial charge in [-0.25, -0.2) is 0 Å². The SMILES string of the molecule is O=C1CC=Cc2ccc3oc4ccccc4c3c21. The van der Waals surface area contributed by atoms with E-state index in [1.165, 1.54) is 0 Å². The molecule has 0 bridgehead atoms. The third-order valence-corrected chi connectivity index (χ3v) is 3.46. The van der Waals surface area contributed by atoms with Gasteiger partial charge in [0.1, 0.15) is 11.2 Å². The molecule has 2 heteroatoms. The van der Waals surface area contributed by atoms with Crippen LogP contribution in [0.2, 0.25) is 0 Å². The molecule has 2 nitrogen and oxygen atoms in total. The second-order valence-corrected chi connectivity index (χ2v) is 4.53. The molecule has 1 heterocycles. The van der Waals surface area contributed by atoms with Crippen LogP contribution in [0.25, 0.3) is 28.0 Å². The lowest BCUT2D eigenvalue weighted by molar-refractivity contribution is 0.0996. The van der Waals surface area contributed by atoms with Gasteiger partial charge in [-0.2, -0.15) is 0 Å². The number of para-hydroxylation sites is 1. The molecule has 18 heavy (non-hydrogen) atoms. The number of rotatable bonds is 0. The number of carbonyl (C=O) groups excluding carboxylic acids is 1. The topological polar surface area (TPSA) is 30.2 Å². The number of Topliss-reactive ketones (excluding diaryl/α,β-unsaturated/α-hetero) is 1. The zero-order valence-electron chi connectivity index (χ0n) is 9.64. The Labute approximate surface area is 104 Å². The van der Waals surface area contributed by atoms with Crippen molar-refractivity contribution in [3.8, 4) is 0 Å². The molecular formula is C16H10O2. The first kappa shape index (κ1) is 9.66. The molecule has 0 saturated carbocycles. The molecule has 0 amide bonds. The van der Waals surface area contributed by atoms with Gasteiger partial charge in [0, 0.05) is 22.8 Å². The van der Waals surface area contributed by atoms with Crippen molar-refractivity contribution in [2.75, 3.05) is 0 Å². The lowest BCUT2D eigenvalue weighted by Gasteiger charge is -2.09. The van der Waals surface area contributed by atoms with Crippen molar-refractivity contribution in [1.29, 1.82) is 0 Å². The summed E-state index contributed by atoms with van der Waals surface area (Å²) < 4.78 is 5.79. The van der Waals surface area contributed by atoms with E-state index in [0.29, 0.717) is 6.42 Å². The third kappa shape index (κ3) is 1.15. The highest BCUT2D eigenvalue weighted by Crippen LogP contribution is 2.35. The van der Waals surface area contributed by atoms with E-state index in [2.05, 4.69) is 0 Å². The van der Waals surface area contributed by atoms with Gasteiger partial charge in [0.05, 0.1) is 0 Å². The van der Waals surface area contributed by atoms with E-state index in [1.807, 2.05) is 48.6 Å². The van der Waals surface area contributed by atoms with Gasteiger partial charge in [0.25, 0.3) is 0 Å². The van der Waals surface area contributed by atoms with E-state index in [4.69, 9.17) is 4.42 Å². The molecule has 0 radical (unpaired) electrons. The summed E-state index contributed by atoms with van der Waals surface area (Å²) in [5.74, 6) is 0.171. The van der Waals surface area contributed by atoms with E-state index >= 15 is 0 Å². The number of fused-ring (bicyclic) bond motifs is 5. The fraction of sp³-hybridized carbons (Fsp3) is 0.0625. The van der Waals surface area contributed by atoms with Crippen LogP contribution in [0.1, 0.15) is 22.3 Å². The summed E-state index contributed by atoms with van der Waals surface area (Å²) in [6.07, 6.45) is 4.41. The van der Waals surface area contributed by atoms with Crippen molar-refractivity contribution in [1.82, 2.24) is 0 Å². The van der Waals surface area contributed by atoms with Crippen LogP contribution in [0.3, 0.4) is 0 Å². The first-order chi connectivity index (χ1) is 8.84. The fourth-order valence-electron chi connectivity index (χ4n) is 2.67. The van der Waals surface area contributed by atoms with Crippen LogP contribution in [0.5, 0.6) is 0 Å². The van der Waals surface area contributed by atoms with E-state index in [0.717, 1.165) is 33.1 Å². The van der Waals surface area contributed by atoms with Gasteiger partial charge in [-0.05, 0) is 17.7 Å². The Bertz CT molecular complexity index is 822. The van der Waals surface area contributed by atoms with Gasteiger partial charge in [0.15, 0.2) is 5.78 Å². The van der Waals surface area contributed by atoms with Crippen LogP contribution in [0.4, 0.5) is 0 Å². The normalized spacial score (nSPS) is 14.3. The quantitative estimate of drug-likeness (QED) is 0.584. The Kier molecular flexibility index (Phi) is 1.78. The molecule has 1 aromatic heterocycles. The van der Waals surface area contributed by atoms with E-state index in [-0.39, 0.29) is 5.78 Å². The number of ketones is 1. The average Bonchev–Trinajstić information content (AvgIpc) is 2.77. The standard InChI is InChI=1S/C16H10O2/c17-12-6-3-4-10-8-9-14-16(15(10)12)11-5-1-2-7-13(11)18-14/h1-5,7-9H,6H2. The summed E-state index contributed by atoms with van der Waals surface area (Å²) in [5, 5.41) is 1.98. The minimum Gasteiger partial charge on any atom is -0.456 e. The number of benzene rings is 2. The van der Waals surface area contributed by atoms with Crippen molar-refractivity contribution >= 4 is 33.8 Å². The maximum atomic E-state index is 12.1. The molecule has 86 valence electrons. The summed E-state index contributed by atoms with van der Waals surface area (Å²) >= 11 is 0. The van der Waals surface area contributed by atoms with Gasteiger partial charge in [-0.15, -0.1) is 0 Å². The highest BCUT2D eigenvalue weighted by molar-refractivity contribution is 6.19. The molecule has 0 N–H and O–H groups in total. The molecule has 0 unspecified atom stereocenters. The van der Waals surface area contributed by atoms with Gasteiger partial charge in [0.2, 0.25) is 0 Å². The summed E-state index contributed by atoms with van der Waals surface area (Å²) in [4.78, 5) is 12.1. The monoisotopic (exact) mass is 234 g/mol. The van der Waals surface area contributed by atoms with Crippen molar-refractivity contribution in [3.05, 3.63) is 53.6 Å². The summed E-state index contributed by atoms with van der Waals surface area (Å²) in [6, 6.07) is 11.8. The van der Waals surface area contributed by atoms with Crippen molar-refractivity contribution < 1.29 is 9.21 Å². The van der Waals surface area contributed by atoms with Crippen molar-refractivity contribution in [2.24, 2.45) is 0 Å². The largest absolute Gasteiger partial charge is 0.456 e. The Morgan fingerprint density at radius 1 is 1.00 bits per heavy atom. The van der Waals surface area contributed by atoms with Crippen molar-refractivity contribution in [2.45, 2.75) is 6.42 Å². The van der Waals surface area contributed by atoms with Gasteiger partial charge in [-0.1, -0.05) is 36.4 Å². The molecule has 4 rings (SSSR count). The van der Waals surface area contributed by atoms with Gasteiger partial charge in [-0.3, -0.25) is 4.79 Å². The molecule has 0 fully saturated rings. The molecule has 0 aliphatic heterocycles. The minimum atomic E-state index is 0.171. The van der Waals surface area contributed by atoms with Crippen LogP contribution in [-0.2, 0) is 0 Å². The van der Waals surface area contributed by atoms with Crippen LogP contribution < -0.4 is 0 Å². The van der Waals surface area contributed by atoms with Crippen LogP contribution in [0.15, 0.2) is 46.9 Å². The van der Waals surface area contributed by atoms with Gasteiger partial charge >= 0.3 is 0 Å². The van der Waals surface area contributed by atoms with Crippen LogP contribution in [0, 0.1) is 0 Å². The first-order valence-electron chi connectivity index (χ1n) is 5.98. The third-order valence-electron chi connectivity index (χ3n) is 3.46. The fourth-order valence-corrected chi connectivity index (χ4v) is 2.67. The molecule has 0 saturated heterocycles. The van der Waals surface area contributed by atoms with E-state index in [9.17, 15) is 4.79 Å². The summed E-state index contributed by atoms with van der Waals surface area (Å²) in [6.45, 7) is 0. The van der Waals surface area contributed by atoms with Crippen molar-refractivity contribution in [3.63, 3.8) is 0 Å².